The maximum Gasteiger partial charge on any atom is 0.175 e. The van der Waals surface area contributed by atoms with Crippen molar-refractivity contribution >= 4 is 20.7 Å². The molecule has 0 aliphatic heterocycles. The summed E-state index contributed by atoms with van der Waals surface area (Å²) >= 11 is 0. The molecule has 0 atom stereocenters. The lowest BCUT2D eigenvalue weighted by Crippen LogP contribution is -2.00. The Labute approximate surface area is 95.1 Å². The van der Waals surface area contributed by atoms with Gasteiger partial charge in [-0.2, -0.15) is 0 Å². The zero-order valence-electron chi connectivity index (χ0n) is 9.48. The molecule has 0 bridgehead atoms. The van der Waals surface area contributed by atoms with E-state index < -0.39 is 9.84 Å². The summed E-state index contributed by atoms with van der Waals surface area (Å²) in [5.74, 6) is 0. The number of hydrogen-bond donors (Lipinski definition) is 0. The van der Waals surface area contributed by atoms with Gasteiger partial charge in [0.05, 0.1) is 10.4 Å². The highest BCUT2D eigenvalue weighted by molar-refractivity contribution is 7.90. The van der Waals surface area contributed by atoms with Crippen molar-refractivity contribution < 1.29 is 8.42 Å². The molecule has 1 heterocycles. The molecule has 0 radical (unpaired) electrons. The first-order valence-corrected chi connectivity index (χ1v) is 6.84. The standard InChI is InChI=1S/C12H13NO2S/c1-8-4-10-5-9(2)12(16(3,14)15)6-11(10)13-7-8/h4-7H,1-3H3. The molecule has 0 aliphatic carbocycles. The Kier molecular flexibility index (Phi) is 2.46. The monoisotopic (exact) mass is 235 g/mol. The fraction of sp³-hybridized carbons (Fsp3) is 0.250. The Bertz CT molecular complexity index is 660. The van der Waals surface area contributed by atoms with Crippen LogP contribution in [-0.2, 0) is 9.84 Å². The third-order valence-corrected chi connectivity index (χ3v) is 3.75. The average Bonchev–Trinajstić information content (AvgIpc) is 2.14. The van der Waals surface area contributed by atoms with Crippen molar-refractivity contribution in [2.45, 2.75) is 18.7 Å². The summed E-state index contributed by atoms with van der Waals surface area (Å²) in [5, 5.41) is 0.977. The van der Waals surface area contributed by atoms with Crippen LogP contribution in [0.5, 0.6) is 0 Å². The predicted molar refractivity (Wildman–Crippen MR) is 64.3 cm³/mol. The zero-order chi connectivity index (χ0) is 11.9. The molecule has 0 saturated heterocycles. The van der Waals surface area contributed by atoms with Gasteiger partial charge in [-0.25, -0.2) is 8.42 Å². The summed E-state index contributed by atoms with van der Waals surface area (Å²) in [6.45, 7) is 3.77. The molecule has 1 aromatic carbocycles. The van der Waals surface area contributed by atoms with Crippen molar-refractivity contribution in [1.82, 2.24) is 4.98 Å². The number of aromatic nitrogens is 1. The van der Waals surface area contributed by atoms with Crippen LogP contribution in [-0.4, -0.2) is 19.7 Å². The van der Waals surface area contributed by atoms with Crippen molar-refractivity contribution in [1.29, 1.82) is 0 Å². The van der Waals surface area contributed by atoms with Crippen LogP contribution in [0.15, 0.2) is 29.3 Å². The van der Waals surface area contributed by atoms with Crippen molar-refractivity contribution in [3.05, 3.63) is 35.5 Å². The Morgan fingerprint density at radius 2 is 1.81 bits per heavy atom. The van der Waals surface area contributed by atoms with Crippen LogP contribution in [0.4, 0.5) is 0 Å². The maximum atomic E-state index is 11.5. The van der Waals surface area contributed by atoms with Crippen LogP contribution in [0.25, 0.3) is 10.9 Å². The highest BCUT2D eigenvalue weighted by atomic mass is 32.2. The number of benzene rings is 1. The van der Waals surface area contributed by atoms with Gasteiger partial charge in [0.15, 0.2) is 9.84 Å². The van der Waals surface area contributed by atoms with E-state index in [1.54, 1.807) is 19.2 Å². The van der Waals surface area contributed by atoms with Gasteiger partial charge >= 0.3 is 0 Å². The molecule has 0 saturated carbocycles. The number of rotatable bonds is 1. The van der Waals surface area contributed by atoms with Crippen LogP contribution in [0.1, 0.15) is 11.1 Å². The average molecular weight is 235 g/mol. The molecule has 0 amide bonds. The quantitative estimate of drug-likeness (QED) is 0.761. The van der Waals surface area contributed by atoms with Crippen molar-refractivity contribution in [3.8, 4) is 0 Å². The third-order valence-electron chi connectivity index (χ3n) is 2.51. The topological polar surface area (TPSA) is 47.0 Å². The fourth-order valence-corrected chi connectivity index (χ4v) is 2.75. The molecule has 16 heavy (non-hydrogen) atoms. The van der Waals surface area contributed by atoms with Gasteiger partial charge in [-0.3, -0.25) is 4.98 Å². The first-order chi connectivity index (χ1) is 7.38. The normalized spacial score (nSPS) is 11.9. The van der Waals surface area contributed by atoms with Gasteiger partial charge in [-0.05, 0) is 43.2 Å². The van der Waals surface area contributed by atoms with Crippen LogP contribution < -0.4 is 0 Å². The summed E-state index contributed by atoms with van der Waals surface area (Å²) in [6.07, 6.45) is 2.96. The third kappa shape index (κ3) is 1.93. The summed E-state index contributed by atoms with van der Waals surface area (Å²) in [6, 6.07) is 5.51. The molecule has 0 N–H and O–H groups in total. The predicted octanol–water partition coefficient (Wildman–Crippen LogP) is 2.26. The van der Waals surface area contributed by atoms with E-state index in [0.29, 0.717) is 4.90 Å². The molecule has 2 rings (SSSR count). The van der Waals surface area contributed by atoms with Crippen molar-refractivity contribution in [3.63, 3.8) is 0 Å². The van der Waals surface area contributed by atoms with Crippen LogP contribution in [0, 0.1) is 13.8 Å². The van der Waals surface area contributed by atoms with E-state index >= 15 is 0 Å². The Hall–Kier alpha value is -1.42. The molecular formula is C12H13NO2S. The first kappa shape index (κ1) is 11.1. The second-order valence-corrected chi connectivity index (χ2v) is 6.08. The molecule has 84 valence electrons. The van der Waals surface area contributed by atoms with Crippen LogP contribution in [0.2, 0.25) is 0 Å². The fourth-order valence-electron chi connectivity index (χ4n) is 1.78. The minimum Gasteiger partial charge on any atom is -0.256 e. The van der Waals surface area contributed by atoms with E-state index in [1.165, 1.54) is 6.26 Å². The Morgan fingerprint density at radius 3 is 2.44 bits per heavy atom. The molecule has 1 aromatic heterocycles. The van der Waals surface area contributed by atoms with Crippen LogP contribution in [0.3, 0.4) is 0 Å². The first-order valence-electron chi connectivity index (χ1n) is 4.95. The van der Waals surface area contributed by atoms with Gasteiger partial charge in [0, 0.05) is 17.8 Å². The minimum atomic E-state index is -3.18. The van der Waals surface area contributed by atoms with Crippen molar-refractivity contribution in [2.75, 3.05) is 6.26 Å². The number of hydrogen-bond acceptors (Lipinski definition) is 3. The molecule has 0 unspecified atom stereocenters. The van der Waals surface area contributed by atoms with E-state index in [4.69, 9.17) is 0 Å². The summed E-state index contributed by atoms with van der Waals surface area (Å²) in [7, 11) is -3.18. The summed E-state index contributed by atoms with van der Waals surface area (Å²) < 4.78 is 23.1. The SMILES string of the molecule is Cc1cnc2cc(S(C)(=O)=O)c(C)cc2c1. The molecule has 0 fully saturated rings. The minimum absolute atomic E-state index is 0.358. The number of pyridine rings is 1. The summed E-state index contributed by atoms with van der Waals surface area (Å²) in [4.78, 5) is 4.59. The molecule has 4 heteroatoms. The zero-order valence-corrected chi connectivity index (χ0v) is 10.3. The molecular weight excluding hydrogens is 222 g/mol. The lowest BCUT2D eigenvalue weighted by atomic mass is 10.1. The summed E-state index contributed by atoms with van der Waals surface area (Å²) in [5.41, 5.74) is 2.55. The van der Waals surface area contributed by atoms with E-state index in [1.807, 2.05) is 19.1 Å². The maximum absolute atomic E-state index is 11.5. The van der Waals surface area contributed by atoms with Gasteiger partial charge in [-0.15, -0.1) is 0 Å². The van der Waals surface area contributed by atoms with Gasteiger partial charge in [0.1, 0.15) is 0 Å². The van der Waals surface area contributed by atoms with E-state index in [-0.39, 0.29) is 0 Å². The number of aryl methyl sites for hydroxylation is 2. The van der Waals surface area contributed by atoms with E-state index in [2.05, 4.69) is 4.98 Å². The van der Waals surface area contributed by atoms with E-state index in [0.717, 1.165) is 22.0 Å². The molecule has 0 spiro atoms. The Balaban J connectivity index is 2.83. The smallest absolute Gasteiger partial charge is 0.175 e. The van der Waals surface area contributed by atoms with Crippen LogP contribution >= 0.6 is 0 Å². The highest BCUT2D eigenvalue weighted by Gasteiger charge is 2.12. The second kappa shape index (κ2) is 3.56. The van der Waals surface area contributed by atoms with Gasteiger partial charge in [0.25, 0.3) is 0 Å². The largest absolute Gasteiger partial charge is 0.256 e. The molecule has 2 aromatic rings. The molecule has 3 nitrogen and oxygen atoms in total. The van der Waals surface area contributed by atoms with E-state index in [9.17, 15) is 8.42 Å². The number of fused-ring (bicyclic) bond motifs is 1. The van der Waals surface area contributed by atoms with Gasteiger partial charge in [0.2, 0.25) is 0 Å². The lowest BCUT2D eigenvalue weighted by Gasteiger charge is -2.06. The molecule has 0 aliphatic rings. The van der Waals surface area contributed by atoms with Crippen molar-refractivity contribution in [2.24, 2.45) is 0 Å². The van der Waals surface area contributed by atoms with Gasteiger partial charge < -0.3 is 0 Å². The lowest BCUT2D eigenvalue weighted by molar-refractivity contribution is 0.601. The van der Waals surface area contributed by atoms with Gasteiger partial charge in [-0.1, -0.05) is 0 Å². The number of sulfone groups is 1. The highest BCUT2D eigenvalue weighted by Crippen LogP contribution is 2.22. The second-order valence-electron chi connectivity index (χ2n) is 4.10. The Morgan fingerprint density at radius 1 is 1.12 bits per heavy atom. The number of nitrogens with zero attached hydrogens (tertiary/aromatic N) is 1.